The summed E-state index contributed by atoms with van der Waals surface area (Å²) < 4.78 is 5.03. The molecule has 1 fully saturated rings. The molecule has 2 heterocycles. The maximum atomic E-state index is 12.2. The number of amides is 2. The first-order valence-corrected chi connectivity index (χ1v) is 8.57. The number of hydrogen-bond acceptors (Lipinski definition) is 4. The molecule has 1 aliphatic heterocycles. The van der Waals surface area contributed by atoms with Crippen LogP contribution in [0.2, 0.25) is 5.02 Å². The lowest BCUT2D eigenvalue weighted by molar-refractivity contribution is 0.180. The highest BCUT2D eigenvalue weighted by atomic mass is 35.5. The zero-order chi connectivity index (χ0) is 16.9. The van der Waals surface area contributed by atoms with Crippen LogP contribution in [-0.2, 0) is 6.42 Å². The number of halogens is 1. The van der Waals surface area contributed by atoms with E-state index in [0.29, 0.717) is 25.5 Å². The van der Waals surface area contributed by atoms with Crippen molar-refractivity contribution in [3.05, 3.63) is 46.6 Å². The second-order valence-corrected chi connectivity index (χ2v) is 6.48. The maximum Gasteiger partial charge on any atom is 0.317 e. The van der Waals surface area contributed by atoms with Crippen LogP contribution in [0.5, 0.6) is 0 Å². The fourth-order valence-corrected chi connectivity index (χ4v) is 3.02. The van der Waals surface area contributed by atoms with Gasteiger partial charge >= 0.3 is 6.03 Å². The molecule has 0 atom stereocenters. The summed E-state index contributed by atoms with van der Waals surface area (Å²) in [5.41, 5.74) is 1.16. The number of likely N-dealkylation sites (tertiary alicyclic amines) is 1. The van der Waals surface area contributed by atoms with Gasteiger partial charge in [-0.3, -0.25) is 0 Å². The number of rotatable bonds is 4. The fourth-order valence-electron chi connectivity index (χ4n) is 2.90. The standard InChI is InChI=1S/C17H21ClN4O2/c1-12-20-16(21-24-12)14-7-10-22(11-8-14)17(23)19-9-6-13-2-4-15(18)5-3-13/h2-5,14H,6-11H2,1H3,(H,19,23). The number of hydrogen-bond donors (Lipinski definition) is 1. The van der Waals surface area contributed by atoms with Gasteiger partial charge in [0, 0.05) is 37.5 Å². The van der Waals surface area contributed by atoms with E-state index in [0.717, 1.165) is 35.7 Å². The average Bonchev–Trinajstić information content (AvgIpc) is 3.03. The Balaban J connectivity index is 1.41. The molecule has 1 aromatic carbocycles. The Labute approximate surface area is 146 Å². The third-order valence-corrected chi connectivity index (χ3v) is 4.55. The molecule has 1 aromatic heterocycles. The van der Waals surface area contributed by atoms with Crippen LogP contribution in [0.1, 0.15) is 36.0 Å². The highest BCUT2D eigenvalue weighted by Crippen LogP contribution is 2.25. The minimum absolute atomic E-state index is 0.00768. The average molecular weight is 349 g/mol. The summed E-state index contributed by atoms with van der Waals surface area (Å²) in [6.07, 6.45) is 2.52. The summed E-state index contributed by atoms with van der Waals surface area (Å²) >= 11 is 5.86. The molecule has 0 bridgehead atoms. The number of nitrogens with zero attached hydrogens (tertiary/aromatic N) is 3. The van der Waals surface area contributed by atoms with E-state index in [1.165, 1.54) is 0 Å². The van der Waals surface area contributed by atoms with Crippen molar-refractivity contribution in [2.24, 2.45) is 0 Å². The molecule has 0 spiro atoms. The minimum Gasteiger partial charge on any atom is -0.340 e. The van der Waals surface area contributed by atoms with Crippen LogP contribution in [-0.4, -0.2) is 40.7 Å². The van der Waals surface area contributed by atoms with E-state index in [1.54, 1.807) is 6.92 Å². The van der Waals surface area contributed by atoms with Crippen LogP contribution in [0.15, 0.2) is 28.8 Å². The number of urea groups is 1. The molecule has 0 unspecified atom stereocenters. The van der Waals surface area contributed by atoms with Crippen LogP contribution in [0.25, 0.3) is 0 Å². The van der Waals surface area contributed by atoms with Crippen molar-refractivity contribution in [3.63, 3.8) is 0 Å². The van der Waals surface area contributed by atoms with Crippen LogP contribution >= 0.6 is 11.6 Å². The smallest absolute Gasteiger partial charge is 0.317 e. The molecule has 3 rings (SSSR count). The fraction of sp³-hybridized carbons (Fsp3) is 0.471. The molecule has 1 aliphatic rings. The summed E-state index contributed by atoms with van der Waals surface area (Å²) in [6.45, 7) is 3.83. The molecule has 1 N–H and O–H groups in total. The van der Waals surface area contributed by atoms with Crippen LogP contribution in [0.4, 0.5) is 4.79 Å². The molecule has 24 heavy (non-hydrogen) atoms. The summed E-state index contributed by atoms with van der Waals surface area (Å²) in [7, 11) is 0. The van der Waals surface area contributed by atoms with Crippen molar-refractivity contribution in [3.8, 4) is 0 Å². The number of nitrogens with one attached hydrogen (secondary N) is 1. The molecular weight excluding hydrogens is 328 g/mol. The Morgan fingerprint density at radius 2 is 2.04 bits per heavy atom. The largest absolute Gasteiger partial charge is 0.340 e. The molecule has 7 heteroatoms. The summed E-state index contributed by atoms with van der Waals surface area (Å²) in [6, 6.07) is 7.68. The highest BCUT2D eigenvalue weighted by molar-refractivity contribution is 6.30. The third kappa shape index (κ3) is 4.26. The van der Waals surface area contributed by atoms with Crippen molar-refractivity contribution < 1.29 is 9.32 Å². The third-order valence-electron chi connectivity index (χ3n) is 4.29. The van der Waals surface area contributed by atoms with Gasteiger partial charge < -0.3 is 14.7 Å². The predicted octanol–water partition coefficient (Wildman–Crippen LogP) is 3.16. The van der Waals surface area contributed by atoms with E-state index in [2.05, 4.69) is 15.5 Å². The molecule has 0 radical (unpaired) electrons. The number of carbonyl (C=O) groups is 1. The van der Waals surface area contributed by atoms with Gasteiger partial charge in [0.25, 0.3) is 0 Å². The zero-order valence-electron chi connectivity index (χ0n) is 13.7. The van der Waals surface area contributed by atoms with E-state index in [9.17, 15) is 4.79 Å². The molecule has 6 nitrogen and oxygen atoms in total. The van der Waals surface area contributed by atoms with Crippen molar-refractivity contribution in [1.82, 2.24) is 20.4 Å². The predicted molar refractivity (Wildman–Crippen MR) is 91.1 cm³/mol. The quantitative estimate of drug-likeness (QED) is 0.921. The van der Waals surface area contributed by atoms with Gasteiger partial charge in [-0.05, 0) is 37.0 Å². The molecule has 0 saturated carbocycles. The van der Waals surface area contributed by atoms with E-state index in [1.807, 2.05) is 29.2 Å². The summed E-state index contributed by atoms with van der Waals surface area (Å²) in [5.74, 6) is 1.63. The Bertz CT molecular complexity index is 678. The van der Waals surface area contributed by atoms with Gasteiger partial charge in [-0.15, -0.1) is 0 Å². The first-order valence-electron chi connectivity index (χ1n) is 8.19. The Morgan fingerprint density at radius 3 is 2.67 bits per heavy atom. The van der Waals surface area contributed by atoms with Gasteiger partial charge in [-0.1, -0.05) is 28.9 Å². The first-order chi connectivity index (χ1) is 11.6. The zero-order valence-corrected chi connectivity index (χ0v) is 14.4. The van der Waals surface area contributed by atoms with Gasteiger partial charge in [0.05, 0.1) is 0 Å². The Kier molecular flexibility index (Phi) is 5.35. The van der Waals surface area contributed by atoms with Crippen molar-refractivity contribution in [2.75, 3.05) is 19.6 Å². The van der Waals surface area contributed by atoms with Crippen LogP contribution in [0.3, 0.4) is 0 Å². The molecule has 1 saturated heterocycles. The Morgan fingerprint density at radius 1 is 1.33 bits per heavy atom. The van der Waals surface area contributed by atoms with Gasteiger partial charge in [0.1, 0.15) is 0 Å². The minimum atomic E-state index is -0.00768. The highest BCUT2D eigenvalue weighted by Gasteiger charge is 2.26. The lowest BCUT2D eigenvalue weighted by atomic mass is 9.96. The number of aromatic nitrogens is 2. The van der Waals surface area contributed by atoms with Gasteiger partial charge in [-0.2, -0.15) is 4.98 Å². The SMILES string of the molecule is Cc1nc(C2CCN(C(=O)NCCc3ccc(Cl)cc3)CC2)no1. The van der Waals surface area contributed by atoms with Crippen molar-refractivity contribution in [2.45, 2.75) is 32.1 Å². The topological polar surface area (TPSA) is 71.3 Å². The monoisotopic (exact) mass is 348 g/mol. The molecule has 128 valence electrons. The number of piperidine rings is 1. The first kappa shape index (κ1) is 16.8. The van der Waals surface area contributed by atoms with Gasteiger partial charge in [0.2, 0.25) is 5.89 Å². The lowest BCUT2D eigenvalue weighted by Crippen LogP contribution is -2.44. The van der Waals surface area contributed by atoms with Gasteiger partial charge in [-0.25, -0.2) is 4.79 Å². The van der Waals surface area contributed by atoms with E-state index >= 15 is 0 Å². The van der Waals surface area contributed by atoms with Gasteiger partial charge in [0.15, 0.2) is 5.82 Å². The van der Waals surface area contributed by atoms with E-state index < -0.39 is 0 Å². The summed E-state index contributed by atoms with van der Waals surface area (Å²) in [4.78, 5) is 18.4. The van der Waals surface area contributed by atoms with Crippen molar-refractivity contribution in [1.29, 1.82) is 0 Å². The second kappa shape index (κ2) is 7.66. The number of carbonyl (C=O) groups excluding carboxylic acids is 1. The summed E-state index contributed by atoms with van der Waals surface area (Å²) in [5, 5.41) is 7.69. The second-order valence-electron chi connectivity index (χ2n) is 6.04. The normalized spacial score (nSPS) is 15.5. The molecular formula is C17H21ClN4O2. The molecule has 2 amide bonds. The van der Waals surface area contributed by atoms with E-state index in [-0.39, 0.29) is 11.9 Å². The number of benzene rings is 1. The van der Waals surface area contributed by atoms with Crippen molar-refractivity contribution >= 4 is 17.6 Å². The molecule has 2 aromatic rings. The number of aryl methyl sites for hydroxylation is 1. The van der Waals surface area contributed by atoms with Crippen LogP contribution < -0.4 is 5.32 Å². The molecule has 0 aliphatic carbocycles. The Hall–Kier alpha value is -2.08. The van der Waals surface area contributed by atoms with E-state index in [4.69, 9.17) is 16.1 Å². The maximum absolute atomic E-state index is 12.2. The van der Waals surface area contributed by atoms with Crippen LogP contribution in [0, 0.1) is 6.92 Å². The lowest BCUT2D eigenvalue weighted by Gasteiger charge is -2.30.